The molecule has 1 aliphatic heterocycles. The molecule has 0 saturated heterocycles. The molecule has 30 heavy (non-hydrogen) atoms. The summed E-state index contributed by atoms with van der Waals surface area (Å²) in [7, 11) is -1.24. The normalized spacial score (nSPS) is 13.3. The molecule has 2 N–H and O–H groups in total. The number of nitrogens with zero attached hydrogens (tertiary/aromatic N) is 4. The Balaban J connectivity index is 1.72. The maximum Gasteiger partial charge on any atom is 0.554 e. The molecule has 2 amide bonds. The first-order valence-corrected chi connectivity index (χ1v) is 10.2. The fourth-order valence-corrected chi connectivity index (χ4v) is 4.81. The van der Waals surface area contributed by atoms with Gasteiger partial charge >= 0.3 is 11.3 Å². The highest BCUT2D eigenvalue weighted by molar-refractivity contribution is 7.54. The first-order chi connectivity index (χ1) is 14.5. The van der Waals surface area contributed by atoms with Gasteiger partial charge in [0.25, 0.3) is 4.83 Å². The molecule has 5 heterocycles. The molecule has 0 aliphatic carbocycles. The molecule has 0 bridgehead atoms. The summed E-state index contributed by atoms with van der Waals surface area (Å²) in [6.07, 6.45) is 4.70. The van der Waals surface area contributed by atoms with Gasteiger partial charge < -0.3 is 15.2 Å². The topological polar surface area (TPSA) is 118 Å². The number of thiophene rings is 1. The Kier molecular flexibility index (Phi) is 4.07. The van der Waals surface area contributed by atoms with Crippen molar-refractivity contribution in [3.63, 3.8) is 0 Å². The summed E-state index contributed by atoms with van der Waals surface area (Å²) in [5, 5.41) is 13.4. The second-order valence-electron chi connectivity index (χ2n) is 6.42. The molecule has 0 spiro atoms. The van der Waals surface area contributed by atoms with E-state index in [-0.39, 0.29) is 0 Å². The van der Waals surface area contributed by atoms with Gasteiger partial charge in [-0.15, -0.1) is 0 Å². The van der Waals surface area contributed by atoms with Crippen LogP contribution in [0.2, 0.25) is 0 Å². The van der Waals surface area contributed by atoms with Crippen molar-refractivity contribution < 1.29 is 19.4 Å². The van der Waals surface area contributed by atoms with Crippen molar-refractivity contribution in [2.45, 2.75) is 6.92 Å². The van der Waals surface area contributed by atoms with E-state index in [4.69, 9.17) is 4.74 Å². The molecule has 5 rings (SSSR count). The average Bonchev–Trinajstić information content (AvgIpc) is 3.10. The maximum absolute atomic E-state index is 13.1. The van der Waals surface area contributed by atoms with Gasteiger partial charge in [-0.2, -0.15) is 4.79 Å². The van der Waals surface area contributed by atoms with Crippen LogP contribution in [0, 0.1) is 6.92 Å². The first kappa shape index (κ1) is 18.0. The molecule has 0 saturated carbocycles. The molecule has 1 atom stereocenters. The van der Waals surface area contributed by atoms with E-state index in [0.717, 1.165) is 0 Å². The zero-order valence-electron chi connectivity index (χ0n) is 15.6. The van der Waals surface area contributed by atoms with E-state index in [9.17, 15) is 14.7 Å². The smallest absolute Gasteiger partial charge is 0.437 e. The van der Waals surface area contributed by atoms with Gasteiger partial charge in [-0.3, -0.25) is 9.88 Å². The second-order valence-corrected chi connectivity index (χ2v) is 8.07. The van der Waals surface area contributed by atoms with Crippen LogP contribution >= 0.6 is 10.5 Å². The molecule has 4 aromatic rings. The van der Waals surface area contributed by atoms with Crippen molar-refractivity contribution in [3.05, 3.63) is 60.0 Å². The number of hydrogen-bond donors (Lipinski definition) is 2. The third-order valence-corrected chi connectivity index (χ3v) is 6.20. The Labute approximate surface area is 172 Å². The van der Waals surface area contributed by atoms with Crippen molar-refractivity contribution >= 4 is 49.1 Å². The van der Waals surface area contributed by atoms with Crippen molar-refractivity contribution in [2.75, 3.05) is 10.2 Å². The average molecular weight is 420 g/mol. The zero-order valence-corrected chi connectivity index (χ0v) is 16.4. The highest BCUT2D eigenvalue weighted by Crippen LogP contribution is 2.49. The van der Waals surface area contributed by atoms with Crippen molar-refractivity contribution in [1.29, 1.82) is 0 Å². The van der Waals surface area contributed by atoms with Crippen molar-refractivity contribution in [1.82, 2.24) is 15.0 Å². The van der Waals surface area contributed by atoms with Gasteiger partial charge in [0.05, 0.1) is 11.4 Å². The fourth-order valence-electron chi connectivity index (χ4n) is 3.41. The van der Waals surface area contributed by atoms with Gasteiger partial charge in [0, 0.05) is 30.7 Å². The number of ether oxygens (including phenoxy) is 1. The largest absolute Gasteiger partial charge is 0.554 e. The van der Waals surface area contributed by atoms with Crippen molar-refractivity contribution in [2.24, 2.45) is 0 Å². The number of rotatable bonds is 4. The fraction of sp³-hybridized carbons (Fsp3) is 0.0500. The summed E-state index contributed by atoms with van der Waals surface area (Å²) in [5.74, 6) is 0.763. The number of aromatic nitrogens is 3. The summed E-state index contributed by atoms with van der Waals surface area (Å²) in [4.78, 5) is 39.4. The minimum Gasteiger partial charge on any atom is -0.437 e. The monoisotopic (exact) mass is 420 g/mol. The second kappa shape index (κ2) is 6.78. The van der Waals surface area contributed by atoms with Crippen LogP contribution in [0.5, 0.6) is 11.6 Å². The van der Waals surface area contributed by atoms with Crippen LogP contribution in [-0.4, -0.2) is 31.4 Å². The van der Waals surface area contributed by atoms with E-state index < -0.39 is 21.8 Å². The Morgan fingerprint density at radius 2 is 1.97 bits per heavy atom. The van der Waals surface area contributed by atoms with Crippen LogP contribution in [0.15, 0.2) is 54.3 Å². The Bertz CT molecular complexity index is 1320. The molecule has 0 radical (unpaired) electrons. The van der Waals surface area contributed by atoms with Crippen molar-refractivity contribution in [3.8, 4) is 11.6 Å². The van der Waals surface area contributed by atoms with Gasteiger partial charge in [0.15, 0.2) is 11.1 Å². The lowest BCUT2D eigenvalue weighted by atomic mass is 10.1. The first-order valence-electron chi connectivity index (χ1n) is 8.87. The van der Waals surface area contributed by atoms with Crippen LogP contribution in [0.1, 0.15) is 5.69 Å². The third kappa shape index (κ3) is 2.73. The van der Waals surface area contributed by atoms with E-state index in [1.807, 2.05) is 0 Å². The van der Waals surface area contributed by atoms with E-state index in [0.29, 0.717) is 44.6 Å². The van der Waals surface area contributed by atoms with E-state index in [2.05, 4.69) is 20.3 Å². The minimum absolute atomic E-state index is 0.370. The van der Waals surface area contributed by atoms with Gasteiger partial charge in [-0.25, -0.2) is 14.8 Å². The lowest BCUT2D eigenvalue weighted by Crippen LogP contribution is -2.34. The SMILES string of the molecule is Cc1nccc(Oc2ccccn2)c1N1C(=O)Nc2c[s+](C(=O)O)c3nccc1c23. The van der Waals surface area contributed by atoms with E-state index >= 15 is 0 Å². The molecule has 1 aliphatic rings. The summed E-state index contributed by atoms with van der Waals surface area (Å²) >= 11 is 0. The highest BCUT2D eigenvalue weighted by atomic mass is 32.2. The van der Waals surface area contributed by atoms with E-state index in [1.165, 1.54) is 16.5 Å². The Morgan fingerprint density at radius 1 is 1.13 bits per heavy atom. The Morgan fingerprint density at radius 3 is 2.73 bits per heavy atom. The standard InChI is InChI=1S/C20H13N5O4S/c1-11-17(14(6-9-21-11)29-15-4-2-3-7-22-15)25-13-5-8-23-18-16(13)12(24-19(25)26)10-30(18)20(27)28/h2-10H,1H3,(H-,24,26,27,28)/p+1. The summed E-state index contributed by atoms with van der Waals surface area (Å²) in [6.45, 7) is 1.77. The number of amides is 2. The lowest BCUT2D eigenvalue weighted by molar-refractivity contribution is 0.221. The lowest BCUT2D eigenvalue weighted by Gasteiger charge is -2.29. The predicted octanol–water partition coefficient (Wildman–Crippen LogP) is 5.08. The molecular weight excluding hydrogens is 406 g/mol. The van der Waals surface area contributed by atoms with Crippen LogP contribution < -0.4 is 15.0 Å². The number of hydrogen-bond acceptors (Lipinski definition) is 6. The molecule has 9 nitrogen and oxygen atoms in total. The summed E-state index contributed by atoms with van der Waals surface area (Å²) in [6, 6.07) is 8.17. The van der Waals surface area contributed by atoms with Crippen LogP contribution in [0.4, 0.5) is 26.7 Å². The van der Waals surface area contributed by atoms with Gasteiger partial charge in [0.1, 0.15) is 27.2 Å². The minimum atomic E-state index is -1.24. The molecule has 10 heteroatoms. The number of nitrogens with one attached hydrogen (secondary N) is 1. The van der Waals surface area contributed by atoms with Crippen LogP contribution in [0.25, 0.3) is 10.2 Å². The zero-order chi connectivity index (χ0) is 20.8. The predicted molar refractivity (Wildman–Crippen MR) is 112 cm³/mol. The molecule has 148 valence electrons. The number of aryl methyl sites for hydroxylation is 1. The number of carbonyl (C=O) groups excluding carboxylic acids is 1. The number of pyridine rings is 3. The number of carboxylic acid groups (broad SMARTS) is 1. The quantitative estimate of drug-likeness (QED) is 0.442. The molecule has 0 aromatic carbocycles. The summed E-state index contributed by atoms with van der Waals surface area (Å²) in [5.41, 5.74) is 1.98. The maximum atomic E-state index is 13.1. The summed E-state index contributed by atoms with van der Waals surface area (Å²) < 4.78 is 5.94. The number of urea groups is 1. The van der Waals surface area contributed by atoms with Crippen LogP contribution in [-0.2, 0) is 0 Å². The van der Waals surface area contributed by atoms with Crippen LogP contribution in [0.3, 0.4) is 0 Å². The molecule has 0 fully saturated rings. The molecule has 4 aromatic heterocycles. The van der Waals surface area contributed by atoms with E-state index in [1.54, 1.807) is 49.6 Å². The number of carbonyl (C=O) groups is 2. The van der Waals surface area contributed by atoms with Gasteiger partial charge in [0.2, 0.25) is 5.88 Å². The van der Waals surface area contributed by atoms with Gasteiger partial charge in [-0.05, 0) is 19.1 Å². The van der Waals surface area contributed by atoms with Gasteiger partial charge in [-0.1, -0.05) is 6.07 Å². The number of anilines is 3. The highest BCUT2D eigenvalue weighted by Gasteiger charge is 2.37. The molecule has 1 unspecified atom stereocenters. The molecular formula is C20H14N5O4S+. The third-order valence-electron chi connectivity index (χ3n) is 4.63. The Hall–Kier alpha value is -4.05.